The van der Waals surface area contributed by atoms with Crippen molar-refractivity contribution in [2.24, 2.45) is 0 Å². The van der Waals surface area contributed by atoms with Gasteiger partial charge >= 0.3 is 0 Å². The molecule has 0 atom stereocenters. The molecule has 1 aromatic heterocycles. The normalized spacial score (nSPS) is 11.0. The lowest BCUT2D eigenvalue weighted by molar-refractivity contribution is -0.116. The minimum Gasteiger partial charge on any atom is -0.345 e. The number of imidazole rings is 1. The third-order valence-corrected chi connectivity index (χ3v) is 4.83. The topological polar surface area (TPSA) is 46.9 Å². The van der Waals surface area contributed by atoms with E-state index >= 15 is 0 Å². The predicted molar refractivity (Wildman–Crippen MR) is 109 cm³/mol. The number of hydrogen-bond acceptors (Lipinski definition) is 2. The fourth-order valence-electron chi connectivity index (χ4n) is 3.33. The van der Waals surface area contributed by atoms with Crippen LogP contribution in [0.25, 0.3) is 11.0 Å². The fourth-order valence-corrected chi connectivity index (χ4v) is 3.33. The van der Waals surface area contributed by atoms with Crippen molar-refractivity contribution in [2.45, 2.75) is 77.8 Å². The summed E-state index contributed by atoms with van der Waals surface area (Å²) in [5.74, 6) is 0.757. The highest BCUT2D eigenvalue weighted by Gasteiger charge is 2.10. The molecule has 2 rings (SSSR count). The van der Waals surface area contributed by atoms with E-state index in [0.29, 0.717) is 6.54 Å². The zero-order chi connectivity index (χ0) is 18.6. The molecule has 0 unspecified atom stereocenters. The summed E-state index contributed by atoms with van der Waals surface area (Å²) < 4.78 is 2.25. The molecular weight excluding hydrogens is 322 g/mol. The van der Waals surface area contributed by atoms with Crippen LogP contribution in [0, 0.1) is 0 Å². The Kier molecular flexibility index (Phi) is 8.94. The lowest BCUT2D eigenvalue weighted by Crippen LogP contribution is -2.22. The molecule has 142 valence electrons. The number of nitrogens with one attached hydrogen (secondary N) is 1. The summed E-state index contributed by atoms with van der Waals surface area (Å²) in [7, 11) is 0. The molecule has 0 spiro atoms. The van der Waals surface area contributed by atoms with Crippen LogP contribution in [0.1, 0.15) is 70.5 Å². The number of hydrogen-bond donors (Lipinski definition) is 1. The molecule has 0 saturated carbocycles. The van der Waals surface area contributed by atoms with Crippen LogP contribution in [0.4, 0.5) is 0 Å². The van der Waals surface area contributed by atoms with Crippen LogP contribution in [-0.4, -0.2) is 15.5 Å². The Bertz CT molecular complexity index is 690. The van der Waals surface area contributed by atoms with E-state index in [1.807, 2.05) is 18.2 Å². The molecule has 1 aromatic carbocycles. The molecule has 1 amide bonds. The second-order valence-corrected chi connectivity index (χ2v) is 6.92. The van der Waals surface area contributed by atoms with E-state index in [1.54, 1.807) is 0 Å². The van der Waals surface area contributed by atoms with Gasteiger partial charge < -0.3 is 9.88 Å². The molecule has 0 aliphatic heterocycles. The van der Waals surface area contributed by atoms with Crippen molar-refractivity contribution in [2.75, 3.05) is 0 Å². The second kappa shape index (κ2) is 11.5. The van der Waals surface area contributed by atoms with Gasteiger partial charge in [0.25, 0.3) is 0 Å². The quantitative estimate of drug-likeness (QED) is 0.388. The van der Waals surface area contributed by atoms with Gasteiger partial charge in [0, 0.05) is 6.54 Å². The van der Waals surface area contributed by atoms with Gasteiger partial charge in [-0.1, -0.05) is 77.0 Å². The van der Waals surface area contributed by atoms with Gasteiger partial charge in [-0.15, -0.1) is 0 Å². The maximum absolute atomic E-state index is 11.5. The number of carbonyl (C=O) groups is 1. The molecule has 1 heterocycles. The molecule has 2 aromatic rings. The lowest BCUT2D eigenvalue weighted by Gasteiger charge is -2.10. The van der Waals surface area contributed by atoms with Gasteiger partial charge in [0.05, 0.1) is 17.6 Å². The first kappa shape index (κ1) is 20.2. The van der Waals surface area contributed by atoms with Crippen LogP contribution in [0.15, 0.2) is 36.9 Å². The van der Waals surface area contributed by atoms with Crippen LogP contribution in [0.2, 0.25) is 0 Å². The summed E-state index contributed by atoms with van der Waals surface area (Å²) in [5.41, 5.74) is 2.14. The highest BCUT2D eigenvalue weighted by molar-refractivity contribution is 5.86. The monoisotopic (exact) mass is 355 g/mol. The number of unbranched alkanes of at least 4 members (excludes halogenated alkanes) is 8. The SMILES string of the molecule is C=CC(=O)NCc1nc2ccccc2n1CCCCCCCCCCC. The van der Waals surface area contributed by atoms with Crippen molar-refractivity contribution in [3.05, 3.63) is 42.7 Å². The first-order valence-electron chi connectivity index (χ1n) is 10.1. The molecule has 4 heteroatoms. The molecule has 0 bridgehead atoms. The fraction of sp³-hybridized carbons (Fsp3) is 0.545. The van der Waals surface area contributed by atoms with Gasteiger partial charge in [0.15, 0.2) is 0 Å². The Morgan fingerprint density at radius 1 is 1.08 bits per heavy atom. The summed E-state index contributed by atoms with van der Waals surface area (Å²) in [5, 5.41) is 2.84. The molecule has 0 radical (unpaired) electrons. The van der Waals surface area contributed by atoms with Crippen LogP contribution < -0.4 is 5.32 Å². The number of nitrogens with zero attached hydrogens (tertiary/aromatic N) is 2. The molecule has 0 saturated heterocycles. The van der Waals surface area contributed by atoms with E-state index in [4.69, 9.17) is 0 Å². The van der Waals surface area contributed by atoms with E-state index in [-0.39, 0.29) is 5.91 Å². The van der Waals surface area contributed by atoms with Crippen molar-refractivity contribution in [1.29, 1.82) is 0 Å². The summed E-state index contributed by atoms with van der Waals surface area (Å²) in [6.07, 6.45) is 13.2. The predicted octanol–water partition coefficient (Wildman–Crippen LogP) is 5.37. The van der Waals surface area contributed by atoms with Crippen molar-refractivity contribution < 1.29 is 4.79 Å². The number of carbonyl (C=O) groups excluding carboxylic acids is 1. The zero-order valence-corrected chi connectivity index (χ0v) is 16.2. The minimum atomic E-state index is -0.160. The maximum atomic E-state index is 11.5. The van der Waals surface area contributed by atoms with Gasteiger partial charge in [-0.2, -0.15) is 0 Å². The molecule has 0 fully saturated rings. The van der Waals surface area contributed by atoms with Crippen molar-refractivity contribution in [3.8, 4) is 0 Å². The molecule has 0 aliphatic carbocycles. The number of rotatable bonds is 13. The van der Waals surface area contributed by atoms with E-state index in [2.05, 4.69) is 34.4 Å². The van der Waals surface area contributed by atoms with Crippen molar-refractivity contribution in [1.82, 2.24) is 14.9 Å². The number of benzene rings is 1. The Hall–Kier alpha value is -2.10. The lowest BCUT2D eigenvalue weighted by atomic mass is 10.1. The molecule has 4 nitrogen and oxygen atoms in total. The average molecular weight is 356 g/mol. The van der Waals surface area contributed by atoms with Gasteiger partial charge in [-0.05, 0) is 24.6 Å². The van der Waals surface area contributed by atoms with Crippen molar-refractivity contribution >= 4 is 16.9 Å². The molecule has 0 aliphatic rings. The van der Waals surface area contributed by atoms with E-state index in [1.165, 1.54) is 57.4 Å². The highest BCUT2D eigenvalue weighted by Crippen LogP contribution is 2.18. The van der Waals surface area contributed by atoms with Gasteiger partial charge in [0.2, 0.25) is 5.91 Å². The third-order valence-electron chi connectivity index (χ3n) is 4.83. The van der Waals surface area contributed by atoms with Crippen LogP contribution in [-0.2, 0) is 17.9 Å². The number of aryl methyl sites for hydroxylation is 1. The largest absolute Gasteiger partial charge is 0.345 e. The highest BCUT2D eigenvalue weighted by atomic mass is 16.1. The zero-order valence-electron chi connectivity index (χ0n) is 16.2. The van der Waals surface area contributed by atoms with E-state index < -0.39 is 0 Å². The van der Waals surface area contributed by atoms with Crippen LogP contribution in [0.3, 0.4) is 0 Å². The summed E-state index contributed by atoms with van der Waals surface area (Å²) in [6, 6.07) is 8.18. The first-order chi connectivity index (χ1) is 12.8. The van der Waals surface area contributed by atoms with Gasteiger partial charge in [-0.25, -0.2) is 4.98 Å². The van der Waals surface area contributed by atoms with Crippen LogP contribution in [0.5, 0.6) is 0 Å². The van der Waals surface area contributed by atoms with E-state index in [0.717, 1.165) is 29.8 Å². The smallest absolute Gasteiger partial charge is 0.243 e. The number of para-hydroxylation sites is 2. The summed E-state index contributed by atoms with van der Waals surface area (Å²) in [6.45, 7) is 7.16. The molecular formula is C22H33N3O. The maximum Gasteiger partial charge on any atom is 0.243 e. The number of aromatic nitrogens is 2. The third kappa shape index (κ3) is 6.32. The van der Waals surface area contributed by atoms with Gasteiger partial charge in [-0.3, -0.25) is 4.79 Å². The standard InChI is InChI=1S/C22H33N3O/c1-3-5-6-7-8-9-10-11-14-17-25-20-16-13-12-15-19(20)24-21(25)18-23-22(26)4-2/h4,12-13,15-16H,2-3,5-11,14,17-18H2,1H3,(H,23,26). The first-order valence-corrected chi connectivity index (χ1v) is 10.1. The van der Waals surface area contributed by atoms with E-state index in [9.17, 15) is 4.79 Å². The minimum absolute atomic E-state index is 0.160. The molecule has 1 N–H and O–H groups in total. The number of fused-ring (bicyclic) bond motifs is 1. The Labute approximate surface area is 157 Å². The Morgan fingerprint density at radius 2 is 1.73 bits per heavy atom. The summed E-state index contributed by atoms with van der Waals surface area (Å²) in [4.78, 5) is 16.2. The van der Waals surface area contributed by atoms with Crippen LogP contribution >= 0.6 is 0 Å². The average Bonchev–Trinajstić information content (AvgIpc) is 3.02. The second-order valence-electron chi connectivity index (χ2n) is 6.92. The number of amides is 1. The molecule has 26 heavy (non-hydrogen) atoms. The Morgan fingerprint density at radius 3 is 2.42 bits per heavy atom. The van der Waals surface area contributed by atoms with Gasteiger partial charge in [0.1, 0.15) is 5.82 Å². The Balaban J connectivity index is 1.83. The summed E-state index contributed by atoms with van der Waals surface area (Å²) >= 11 is 0. The van der Waals surface area contributed by atoms with Crippen molar-refractivity contribution in [3.63, 3.8) is 0 Å².